The highest BCUT2D eigenvalue weighted by molar-refractivity contribution is 7.84. The average molecular weight is 305 g/mol. The van der Waals surface area contributed by atoms with Crippen molar-refractivity contribution >= 4 is 10.8 Å². The van der Waals surface area contributed by atoms with E-state index in [4.69, 9.17) is 0 Å². The molecule has 0 amide bonds. The van der Waals surface area contributed by atoms with Gasteiger partial charge in [-0.25, -0.2) is 4.39 Å². The van der Waals surface area contributed by atoms with Crippen molar-refractivity contribution in [1.82, 2.24) is 4.90 Å². The van der Waals surface area contributed by atoms with E-state index >= 15 is 0 Å². The van der Waals surface area contributed by atoms with E-state index in [0.717, 1.165) is 22.6 Å². The Labute approximate surface area is 128 Å². The fourth-order valence-corrected chi connectivity index (χ4v) is 2.72. The van der Waals surface area contributed by atoms with Gasteiger partial charge < -0.3 is 0 Å². The Bertz CT molecular complexity index is 640. The van der Waals surface area contributed by atoms with Gasteiger partial charge in [-0.3, -0.25) is 9.11 Å². The number of hydrogen-bond donors (Lipinski definition) is 0. The lowest BCUT2D eigenvalue weighted by Gasteiger charge is -2.17. The van der Waals surface area contributed by atoms with E-state index in [0.29, 0.717) is 12.1 Å². The van der Waals surface area contributed by atoms with E-state index in [1.807, 2.05) is 43.4 Å². The first-order chi connectivity index (χ1) is 9.95. The van der Waals surface area contributed by atoms with E-state index < -0.39 is 10.8 Å². The molecule has 0 spiro atoms. The summed E-state index contributed by atoms with van der Waals surface area (Å²) in [5, 5.41) is 0. The zero-order valence-electron chi connectivity index (χ0n) is 12.6. The van der Waals surface area contributed by atoms with E-state index in [-0.39, 0.29) is 5.82 Å². The molecule has 2 aromatic rings. The van der Waals surface area contributed by atoms with Crippen molar-refractivity contribution in [3.63, 3.8) is 0 Å². The molecule has 0 aliphatic rings. The summed E-state index contributed by atoms with van der Waals surface area (Å²) in [6, 6.07) is 13.1. The number of aryl methyl sites for hydroxylation is 1. The van der Waals surface area contributed by atoms with E-state index in [1.165, 1.54) is 0 Å². The second-order valence-electron chi connectivity index (χ2n) is 5.35. The summed E-state index contributed by atoms with van der Waals surface area (Å²) in [7, 11) is 1.06. The third-order valence-electron chi connectivity index (χ3n) is 3.40. The van der Waals surface area contributed by atoms with Gasteiger partial charge in [-0.15, -0.1) is 0 Å². The van der Waals surface area contributed by atoms with Crippen LogP contribution in [0.3, 0.4) is 0 Å². The van der Waals surface area contributed by atoms with Crippen LogP contribution in [0.2, 0.25) is 0 Å². The van der Waals surface area contributed by atoms with Gasteiger partial charge in [0.05, 0.1) is 0 Å². The van der Waals surface area contributed by atoms with Crippen molar-refractivity contribution in [3.8, 4) is 0 Å². The van der Waals surface area contributed by atoms with Crippen LogP contribution in [0.5, 0.6) is 0 Å². The standard InChI is InChI=1S/C17H20FNOS/c1-13-4-5-15(10-17(13)18)12-19(2)11-14-6-8-16(9-7-14)21(3)20/h4-10H,11-12H2,1-3H3. The summed E-state index contributed by atoms with van der Waals surface area (Å²) in [6.45, 7) is 3.23. The average Bonchev–Trinajstić information content (AvgIpc) is 2.43. The molecule has 0 aliphatic heterocycles. The molecular weight excluding hydrogens is 285 g/mol. The van der Waals surface area contributed by atoms with Crippen LogP contribution in [0.15, 0.2) is 47.4 Å². The molecule has 2 rings (SSSR count). The maximum atomic E-state index is 13.5. The van der Waals surface area contributed by atoms with Gasteiger partial charge in [0.15, 0.2) is 0 Å². The second kappa shape index (κ2) is 6.96. The summed E-state index contributed by atoms with van der Waals surface area (Å²) in [4.78, 5) is 2.96. The van der Waals surface area contributed by atoms with Crippen LogP contribution in [-0.4, -0.2) is 22.4 Å². The first-order valence-electron chi connectivity index (χ1n) is 6.81. The molecule has 2 aromatic carbocycles. The molecule has 0 aromatic heterocycles. The maximum absolute atomic E-state index is 13.5. The van der Waals surface area contributed by atoms with Gasteiger partial charge in [-0.1, -0.05) is 24.3 Å². The van der Waals surface area contributed by atoms with Crippen molar-refractivity contribution < 1.29 is 8.60 Å². The summed E-state index contributed by atoms with van der Waals surface area (Å²) < 4.78 is 24.9. The number of halogens is 1. The lowest BCUT2D eigenvalue weighted by atomic mass is 10.1. The lowest BCUT2D eigenvalue weighted by molar-refractivity contribution is 0.318. The second-order valence-corrected chi connectivity index (χ2v) is 6.73. The van der Waals surface area contributed by atoms with Crippen LogP contribution >= 0.6 is 0 Å². The van der Waals surface area contributed by atoms with E-state index in [2.05, 4.69) is 4.90 Å². The number of rotatable bonds is 5. The van der Waals surface area contributed by atoms with Gasteiger partial charge in [0.25, 0.3) is 0 Å². The highest BCUT2D eigenvalue weighted by atomic mass is 32.2. The van der Waals surface area contributed by atoms with Crippen LogP contribution < -0.4 is 0 Å². The normalized spacial score (nSPS) is 12.6. The third-order valence-corrected chi connectivity index (χ3v) is 4.33. The number of nitrogens with zero attached hydrogens (tertiary/aromatic N) is 1. The largest absolute Gasteiger partial charge is 0.298 e. The highest BCUT2D eigenvalue weighted by Crippen LogP contribution is 2.13. The molecule has 0 radical (unpaired) electrons. The van der Waals surface area contributed by atoms with Gasteiger partial charge in [-0.05, 0) is 48.9 Å². The Morgan fingerprint density at radius 2 is 1.62 bits per heavy atom. The molecule has 1 atom stereocenters. The molecule has 0 fully saturated rings. The fraction of sp³-hybridized carbons (Fsp3) is 0.294. The molecule has 0 N–H and O–H groups in total. The van der Waals surface area contributed by atoms with Crippen molar-refractivity contribution in [3.05, 3.63) is 65.0 Å². The first-order valence-corrected chi connectivity index (χ1v) is 8.37. The topological polar surface area (TPSA) is 20.3 Å². The van der Waals surface area contributed by atoms with Gasteiger partial charge in [-0.2, -0.15) is 0 Å². The molecule has 1 unspecified atom stereocenters. The van der Waals surface area contributed by atoms with Crippen molar-refractivity contribution in [1.29, 1.82) is 0 Å². The van der Waals surface area contributed by atoms with Crippen LogP contribution in [-0.2, 0) is 23.9 Å². The minimum atomic E-state index is -0.942. The van der Waals surface area contributed by atoms with Crippen LogP contribution in [0.4, 0.5) is 4.39 Å². The molecule has 21 heavy (non-hydrogen) atoms. The fourth-order valence-electron chi connectivity index (χ4n) is 2.20. The quantitative estimate of drug-likeness (QED) is 0.842. The SMILES string of the molecule is Cc1ccc(CN(C)Cc2ccc(S(C)=O)cc2)cc1F. The monoisotopic (exact) mass is 305 g/mol. The molecule has 112 valence electrons. The number of benzene rings is 2. The molecule has 4 heteroatoms. The Morgan fingerprint density at radius 3 is 2.19 bits per heavy atom. The van der Waals surface area contributed by atoms with Gasteiger partial charge in [0, 0.05) is 35.0 Å². The Balaban J connectivity index is 1.99. The minimum absolute atomic E-state index is 0.157. The predicted molar refractivity (Wildman–Crippen MR) is 85.1 cm³/mol. The van der Waals surface area contributed by atoms with Gasteiger partial charge >= 0.3 is 0 Å². The van der Waals surface area contributed by atoms with Crippen LogP contribution in [0.1, 0.15) is 16.7 Å². The smallest absolute Gasteiger partial charge is 0.126 e. The van der Waals surface area contributed by atoms with Crippen molar-refractivity contribution in [2.24, 2.45) is 0 Å². The third kappa shape index (κ3) is 4.48. The van der Waals surface area contributed by atoms with E-state index in [1.54, 1.807) is 19.2 Å². The molecule has 0 aliphatic carbocycles. The Morgan fingerprint density at radius 1 is 1.05 bits per heavy atom. The molecule has 0 saturated carbocycles. The summed E-state index contributed by atoms with van der Waals surface area (Å²) >= 11 is 0. The van der Waals surface area contributed by atoms with Crippen LogP contribution in [0, 0.1) is 12.7 Å². The Kier molecular flexibility index (Phi) is 5.26. The molecule has 0 heterocycles. The van der Waals surface area contributed by atoms with Crippen molar-refractivity contribution in [2.75, 3.05) is 13.3 Å². The highest BCUT2D eigenvalue weighted by Gasteiger charge is 2.05. The molecule has 2 nitrogen and oxygen atoms in total. The van der Waals surface area contributed by atoms with Crippen molar-refractivity contribution in [2.45, 2.75) is 24.9 Å². The zero-order chi connectivity index (χ0) is 15.4. The molecule has 0 bridgehead atoms. The summed E-state index contributed by atoms with van der Waals surface area (Å²) in [5.41, 5.74) is 2.79. The zero-order valence-corrected chi connectivity index (χ0v) is 13.4. The molecular formula is C17H20FNOS. The summed E-state index contributed by atoms with van der Waals surface area (Å²) in [5.74, 6) is -0.157. The van der Waals surface area contributed by atoms with E-state index in [9.17, 15) is 8.60 Å². The van der Waals surface area contributed by atoms with Gasteiger partial charge in [0.2, 0.25) is 0 Å². The lowest BCUT2D eigenvalue weighted by Crippen LogP contribution is -2.17. The first kappa shape index (κ1) is 15.9. The van der Waals surface area contributed by atoms with Crippen LogP contribution in [0.25, 0.3) is 0 Å². The van der Waals surface area contributed by atoms with Gasteiger partial charge in [0.1, 0.15) is 5.82 Å². The molecule has 0 saturated heterocycles. The predicted octanol–water partition coefficient (Wildman–Crippen LogP) is 3.50. The summed E-state index contributed by atoms with van der Waals surface area (Å²) in [6.07, 6.45) is 1.67. The Hall–Kier alpha value is -1.52. The number of hydrogen-bond acceptors (Lipinski definition) is 2. The maximum Gasteiger partial charge on any atom is 0.126 e. The minimum Gasteiger partial charge on any atom is -0.298 e.